The van der Waals surface area contributed by atoms with E-state index in [4.69, 9.17) is 0 Å². The highest BCUT2D eigenvalue weighted by Crippen LogP contribution is 2.24. The second-order valence-corrected chi connectivity index (χ2v) is 6.66. The van der Waals surface area contributed by atoms with Gasteiger partial charge in [-0.05, 0) is 31.9 Å². The fourth-order valence-corrected chi connectivity index (χ4v) is 3.42. The first-order valence-corrected chi connectivity index (χ1v) is 8.26. The fraction of sp³-hybridized carbons (Fsp3) is 0.929. The maximum atomic E-state index is 12.1. The Bertz CT molecular complexity index is 248. The van der Waals surface area contributed by atoms with Gasteiger partial charge in [0.15, 0.2) is 0 Å². The van der Waals surface area contributed by atoms with Crippen LogP contribution in [0, 0.1) is 5.92 Å². The first-order valence-electron chi connectivity index (χ1n) is 7.21. The molecule has 1 saturated carbocycles. The van der Waals surface area contributed by atoms with Crippen LogP contribution in [0.1, 0.15) is 52.4 Å². The number of thioether (sulfide) groups is 1. The Morgan fingerprint density at radius 1 is 1.44 bits per heavy atom. The highest BCUT2D eigenvalue weighted by Gasteiger charge is 2.27. The Labute approximate surface area is 115 Å². The van der Waals surface area contributed by atoms with Gasteiger partial charge in [-0.3, -0.25) is 4.79 Å². The van der Waals surface area contributed by atoms with Gasteiger partial charge in [0.05, 0.1) is 5.25 Å². The van der Waals surface area contributed by atoms with Crippen molar-refractivity contribution in [3.05, 3.63) is 0 Å². The summed E-state index contributed by atoms with van der Waals surface area (Å²) in [7, 11) is 0. The molecular weight excluding hydrogens is 246 g/mol. The normalized spacial score (nSPS) is 25.7. The number of carbonyl (C=O) groups is 1. The van der Waals surface area contributed by atoms with Crippen molar-refractivity contribution in [2.45, 2.75) is 63.7 Å². The molecule has 0 heterocycles. The average Bonchev–Trinajstić information content (AvgIpc) is 2.39. The monoisotopic (exact) mass is 273 g/mol. The zero-order valence-corrected chi connectivity index (χ0v) is 12.5. The van der Waals surface area contributed by atoms with E-state index in [0.717, 1.165) is 18.6 Å². The van der Waals surface area contributed by atoms with E-state index in [1.807, 2.05) is 6.92 Å². The molecule has 3 nitrogen and oxygen atoms in total. The van der Waals surface area contributed by atoms with E-state index in [2.05, 4.69) is 12.2 Å². The van der Waals surface area contributed by atoms with Crippen LogP contribution in [0.25, 0.3) is 0 Å². The molecule has 2 N–H and O–H groups in total. The highest BCUT2D eigenvalue weighted by molar-refractivity contribution is 8.00. The van der Waals surface area contributed by atoms with E-state index >= 15 is 0 Å². The number of rotatable bonds is 7. The summed E-state index contributed by atoms with van der Waals surface area (Å²) in [6, 6.07) is 0.186. The van der Waals surface area contributed by atoms with Crippen LogP contribution >= 0.6 is 11.8 Å². The van der Waals surface area contributed by atoms with Gasteiger partial charge in [-0.1, -0.05) is 26.2 Å². The van der Waals surface area contributed by atoms with Crippen molar-refractivity contribution in [1.29, 1.82) is 0 Å². The molecule has 1 amide bonds. The van der Waals surface area contributed by atoms with E-state index < -0.39 is 0 Å². The standard InChI is InChI=1S/C14H27NO2S/c1-3-4-9-18-11(2)14(17)15-13-8-6-5-7-12(13)10-16/h11-13,16H,3-10H2,1-2H3,(H,15,17). The molecule has 0 spiro atoms. The molecular formula is C14H27NO2S. The van der Waals surface area contributed by atoms with Gasteiger partial charge in [0.2, 0.25) is 5.91 Å². The predicted molar refractivity (Wildman–Crippen MR) is 77.8 cm³/mol. The number of nitrogens with one attached hydrogen (secondary N) is 1. The van der Waals surface area contributed by atoms with E-state index in [-0.39, 0.29) is 29.7 Å². The summed E-state index contributed by atoms with van der Waals surface area (Å²) in [6.45, 7) is 4.34. The van der Waals surface area contributed by atoms with Crippen molar-refractivity contribution in [2.75, 3.05) is 12.4 Å². The number of aliphatic hydroxyl groups excluding tert-OH is 1. The van der Waals surface area contributed by atoms with Crippen LogP contribution in [0.15, 0.2) is 0 Å². The van der Waals surface area contributed by atoms with Crippen LogP contribution in [0.3, 0.4) is 0 Å². The first kappa shape index (κ1) is 15.8. The molecule has 3 atom stereocenters. The van der Waals surface area contributed by atoms with Crippen LogP contribution in [0.2, 0.25) is 0 Å². The summed E-state index contributed by atoms with van der Waals surface area (Å²) in [5.74, 6) is 1.45. The van der Waals surface area contributed by atoms with Gasteiger partial charge in [0.25, 0.3) is 0 Å². The lowest BCUT2D eigenvalue weighted by molar-refractivity contribution is -0.121. The maximum Gasteiger partial charge on any atom is 0.233 e. The van der Waals surface area contributed by atoms with Gasteiger partial charge in [-0.25, -0.2) is 0 Å². The molecule has 0 saturated heterocycles. The van der Waals surface area contributed by atoms with Gasteiger partial charge in [0.1, 0.15) is 0 Å². The van der Waals surface area contributed by atoms with Crippen molar-refractivity contribution >= 4 is 17.7 Å². The number of hydrogen-bond acceptors (Lipinski definition) is 3. The molecule has 0 aromatic rings. The van der Waals surface area contributed by atoms with Gasteiger partial charge < -0.3 is 10.4 Å². The SMILES string of the molecule is CCCCSC(C)C(=O)NC1CCCCC1CO. The quantitative estimate of drug-likeness (QED) is 0.701. The highest BCUT2D eigenvalue weighted by atomic mass is 32.2. The smallest absolute Gasteiger partial charge is 0.233 e. The van der Waals surface area contributed by atoms with Crippen LogP contribution in [-0.4, -0.2) is 34.7 Å². The van der Waals surface area contributed by atoms with Crippen molar-refractivity contribution in [3.63, 3.8) is 0 Å². The Balaban J connectivity index is 2.32. The van der Waals surface area contributed by atoms with E-state index in [0.29, 0.717) is 0 Å². The van der Waals surface area contributed by atoms with Crippen molar-refractivity contribution in [2.24, 2.45) is 5.92 Å². The molecule has 0 aliphatic heterocycles. The Morgan fingerprint density at radius 3 is 2.83 bits per heavy atom. The molecule has 0 aromatic carbocycles. The first-order chi connectivity index (χ1) is 8.69. The van der Waals surface area contributed by atoms with Crippen LogP contribution in [-0.2, 0) is 4.79 Å². The van der Waals surface area contributed by atoms with Crippen LogP contribution in [0.5, 0.6) is 0 Å². The molecule has 4 heteroatoms. The van der Waals surface area contributed by atoms with E-state index in [1.54, 1.807) is 11.8 Å². The Kier molecular flexibility index (Phi) is 7.75. The van der Waals surface area contributed by atoms with E-state index in [1.165, 1.54) is 25.7 Å². The molecule has 18 heavy (non-hydrogen) atoms. The molecule has 1 fully saturated rings. The average molecular weight is 273 g/mol. The topological polar surface area (TPSA) is 49.3 Å². The third-order valence-electron chi connectivity index (χ3n) is 3.71. The molecule has 1 aliphatic rings. The number of aliphatic hydroxyl groups is 1. The molecule has 106 valence electrons. The third kappa shape index (κ3) is 5.19. The zero-order chi connectivity index (χ0) is 13.4. The lowest BCUT2D eigenvalue weighted by atomic mass is 9.85. The Morgan fingerprint density at radius 2 is 2.17 bits per heavy atom. The molecule has 0 bridgehead atoms. The fourth-order valence-electron chi connectivity index (χ4n) is 2.40. The van der Waals surface area contributed by atoms with Crippen LogP contribution < -0.4 is 5.32 Å². The minimum atomic E-state index is 0.0258. The maximum absolute atomic E-state index is 12.1. The van der Waals surface area contributed by atoms with Crippen molar-refractivity contribution in [1.82, 2.24) is 5.32 Å². The van der Waals surface area contributed by atoms with Crippen molar-refractivity contribution < 1.29 is 9.90 Å². The molecule has 0 aromatic heterocycles. The number of unbranched alkanes of at least 4 members (excludes halogenated alkanes) is 1. The van der Waals surface area contributed by atoms with Gasteiger partial charge in [0, 0.05) is 18.6 Å². The zero-order valence-electron chi connectivity index (χ0n) is 11.7. The third-order valence-corrected chi connectivity index (χ3v) is 4.94. The summed E-state index contributed by atoms with van der Waals surface area (Å²) in [4.78, 5) is 12.1. The predicted octanol–water partition coefficient (Wildman–Crippen LogP) is 2.58. The second-order valence-electron chi connectivity index (χ2n) is 5.21. The Hall–Kier alpha value is -0.220. The molecule has 1 rings (SSSR count). The minimum Gasteiger partial charge on any atom is -0.396 e. The number of amides is 1. The summed E-state index contributed by atoms with van der Waals surface area (Å²) >= 11 is 1.73. The largest absolute Gasteiger partial charge is 0.396 e. The molecule has 1 aliphatic carbocycles. The molecule has 0 radical (unpaired) electrons. The number of hydrogen-bond donors (Lipinski definition) is 2. The summed E-state index contributed by atoms with van der Waals surface area (Å²) < 4.78 is 0. The summed E-state index contributed by atoms with van der Waals surface area (Å²) in [5, 5.41) is 12.5. The molecule has 3 unspecified atom stereocenters. The van der Waals surface area contributed by atoms with Gasteiger partial charge in [-0.2, -0.15) is 0 Å². The summed E-state index contributed by atoms with van der Waals surface area (Å²) in [6.07, 6.45) is 6.75. The number of carbonyl (C=O) groups excluding carboxylic acids is 1. The van der Waals surface area contributed by atoms with E-state index in [9.17, 15) is 9.90 Å². The lowest BCUT2D eigenvalue weighted by Crippen LogP contribution is -2.46. The lowest BCUT2D eigenvalue weighted by Gasteiger charge is -2.31. The minimum absolute atomic E-state index is 0.0258. The second kappa shape index (κ2) is 8.81. The van der Waals surface area contributed by atoms with Crippen LogP contribution in [0.4, 0.5) is 0 Å². The summed E-state index contributed by atoms with van der Waals surface area (Å²) in [5.41, 5.74) is 0. The van der Waals surface area contributed by atoms with Crippen molar-refractivity contribution in [3.8, 4) is 0 Å². The van der Waals surface area contributed by atoms with Gasteiger partial charge in [-0.15, -0.1) is 11.8 Å². The van der Waals surface area contributed by atoms with Gasteiger partial charge >= 0.3 is 0 Å².